The van der Waals surface area contributed by atoms with Crippen LogP contribution in [0.5, 0.6) is 0 Å². The summed E-state index contributed by atoms with van der Waals surface area (Å²) in [4.78, 5) is 14.9. The minimum Gasteiger partial charge on any atom is -0.455 e. The number of nitrogens with zero attached hydrogens (tertiary/aromatic N) is 4. The summed E-state index contributed by atoms with van der Waals surface area (Å²) >= 11 is 0. The Morgan fingerprint density at radius 2 is 0.895 bits per heavy atom. The lowest BCUT2D eigenvalue weighted by molar-refractivity contribution is 0.668. The van der Waals surface area contributed by atoms with Crippen molar-refractivity contribution in [2.45, 2.75) is 0 Å². The fraction of sp³-hybridized carbons (Fsp3) is 0. The van der Waals surface area contributed by atoms with Crippen LogP contribution in [-0.2, 0) is 0 Å². The number of aromatic nitrogens is 4. The molecule has 0 aliphatic heterocycles. The van der Waals surface area contributed by atoms with Crippen molar-refractivity contribution in [3.05, 3.63) is 182 Å². The predicted molar refractivity (Wildman–Crippen MR) is 230 cm³/mol. The summed E-state index contributed by atoms with van der Waals surface area (Å²) in [5, 5.41) is 6.60. The minimum atomic E-state index is 0.554. The number of benzene rings is 8. The van der Waals surface area contributed by atoms with Gasteiger partial charge in [0.2, 0.25) is 0 Å². The Balaban J connectivity index is 1.03. The van der Waals surface area contributed by atoms with Crippen LogP contribution in [0.2, 0.25) is 0 Å². The van der Waals surface area contributed by atoms with Crippen molar-refractivity contribution in [1.29, 1.82) is 0 Å². The Labute approximate surface area is 325 Å². The van der Waals surface area contributed by atoms with Gasteiger partial charge >= 0.3 is 0 Å². The van der Waals surface area contributed by atoms with Crippen LogP contribution in [0.3, 0.4) is 0 Å². The topological polar surface area (TPSA) is 69.9 Å². The first kappa shape index (κ1) is 31.5. The third-order valence-electron chi connectivity index (χ3n) is 11.1. The van der Waals surface area contributed by atoms with Gasteiger partial charge in [-0.25, -0.2) is 15.0 Å². The first-order chi connectivity index (χ1) is 28.3. The van der Waals surface area contributed by atoms with Crippen molar-refractivity contribution in [2.75, 3.05) is 0 Å². The Bertz CT molecular complexity index is 3410. The second-order valence-corrected chi connectivity index (χ2v) is 14.3. The highest BCUT2D eigenvalue weighted by atomic mass is 16.3. The van der Waals surface area contributed by atoms with E-state index in [2.05, 4.69) is 114 Å². The van der Waals surface area contributed by atoms with Gasteiger partial charge in [0, 0.05) is 43.6 Å². The van der Waals surface area contributed by atoms with Crippen LogP contribution >= 0.6 is 0 Å². The first-order valence-corrected chi connectivity index (χ1v) is 19.0. The van der Waals surface area contributed by atoms with Crippen molar-refractivity contribution < 1.29 is 8.83 Å². The molecule has 8 aromatic carbocycles. The number of para-hydroxylation sites is 4. The highest BCUT2D eigenvalue weighted by Crippen LogP contribution is 2.43. The third kappa shape index (κ3) is 4.87. The summed E-state index contributed by atoms with van der Waals surface area (Å²) in [6.07, 6.45) is 0. The smallest absolute Gasteiger partial charge is 0.167 e. The van der Waals surface area contributed by atoms with Crippen molar-refractivity contribution in [1.82, 2.24) is 19.5 Å². The van der Waals surface area contributed by atoms with Crippen molar-refractivity contribution >= 4 is 65.7 Å². The van der Waals surface area contributed by atoms with Gasteiger partial charge in [-0.3, -0.25) is 0 Å². The SMILES string of the molecule is c1ccc(-c2nc(-c3ccccc3)nc(-c3cccc4c3oc3ccc(-c5cccc6c5oc5cccc(-n7c8ccccc8c8ccccc87)c56)cc34)n2)cc1. The fourth-order valence-corrected chi connectivity index (χ4v) is 8.50. The zero-order valence-corrected chi connectivity index (χ0v) is 30.4. The second kappa shape index (κ2) is 12.3. The highest BCUT2D eigenvalue weighted by molar-refractivity contribution is 6.17. The molecule has 0 spiro atoms. The highest BCUT2D eigenvalue weighted by Gasteiger charge is 2.21. The number of rotatable bonds is 5. The molecule has 266 valence electrons. The lowest BCUT2D eigenvalue weighted by Crippen LogP contribution is -2.00. The molecule has 0 fully saturated rings. The molecule has 0 saturated carbocycles. The van der Waals surface area contributed by atoms with E-state index in [4.69, 9.17) is 23.8 Å². The molecule has 0 amide bonds. The molecule has 0 N–H and O–H groups in total. The van der Waals surface area contributed by atoms with Gasteiger partial charge in [-0.1, -0.05) is 140 Å². The summed E-state index contributed by atoms with van der Waals surface area (Å²) in [6.45, 7) is 0. The number of fused-ring (bicyclic) bond motifs is 9. The fourth-order valence-electron chi connectivity index (χ4n) is 8.50. The van der Waals surface area contributed by atoms with E-state index in [9.17, 15) is 0 Å². The normalized spacial score (nSPS) is 11.9. The molecule has 57 heavy (non-hydrogen) atoms. The molecule has 0 atom stereocenters. The molecule has 0 saturated heterocycles. The van der Waals surface area contributed by atoms with Crippen LogP contribution in [0, 0.1) is 0 Å². The number of furan rings is 2. The van der Waals surface area contributed by atoms with Gasteiger partial charge in [-0.15, -0.1) is 0 Å². The summed E-state index contributed by atoms with van der Waals surface area (Å²) in [5.41, 5.74) is 11.3. The Hall–Kier alpha value is -7.83. The van der Waals surface area contributed by atoms with Crippen LogP contribution < -0.4 is 0 Å². The zero-order chi connectivity index (χ0) is 37.5. The maximum absolute atomic E-state index is 6.79. The van der Waals surface area contributed by atoms with Gasteiger partial charge in [-0.05, 0) is 48.0 Å². The molecule has 0 aliphatic carbocycles. The molecule has 0 bridgehead atoms. The van der Waals surface area contributed by atoms with Gasteiger partial charge in [0.05, 0.1) is 27.7 Å². The molecule has 0 aliphatic rings. The van der Waals surface area contributed by atoms with Crippen molar-refractivity contribution in [3.8, 4) is 51.0 Å². The van der Waals surface area contributed by atoms with Crippen LogP contribution in [0.1, 0.15) is 0 Å². The molecule has 4 aromatic heterocycles. The van der Waals surface area contributed by atoms with E-state index < -0.39 is 0 Å². The van der Waals surface area contributed by atoms with Gasteiger partial charge in [0.25, 0.3) is 0 Å². The van der Waals surface area contributed by atoms with Crippen LogP contribution in [0.4, 0.5) is 0 Å². The zero-order valence-electron chi connectivity index (χ0n) is 30.4. The van der Waals surface area contributed by atoms with Crippen molar-refractivity contribution in [2.24, 2.45) is 0 Å². The quantitative estimate of drug-likeness (QED) is 0.176. The maximum Gasteiger partial charge on any atom is 0.167 e. The average molecular weight is 731 g/mol. The molecular formula is C51H30N4O2. The number of hydrogen-bond donors (Lipinski definition) is 0. The average Bonchev–Trinajstić information content (AvgIpc) is 3.96. The summed E-state index contributed by atoms with van der Waals surface area (Å²) in [7, 11) is 0. The lowest BCUT2D eigenvalue weighted by Gasteiger charge is -2.09. The summed E-state index contributed by atoms with van der Waals surface area (Å²) in [6, 6.07) is 62.6. The van der Waals surface area contributed by atoms with E-state index in [0.717, 1.165) is 88.4 Å². The Morgan fingerprint density at radius 1 is 0.351 bits per heavy atom. The predicted octanol–water partition coefficient (Wildman–Crippen LogP) is 13.4. The van der Waals surface area contributed by atoms with E-state index in [1.54, 1.807) is 0 Å². The van der Waals surface area contributed by atoms with Crippen LogP contribution in [0.15, 0.2) is 191 Å². The summed E-state index contributed by atoms with van der Waals surface area (Å²) in [5.74, 6) is 1.77. The largest absolute Gasteiger partial charge is 0.455 e. The standard InChI is InChI=1S/C51H30N4O2/c1-3-14-31(15-4-1)49-52-50(32-16-5-2-6-17-32)54-51(53-49)39-23-12-21-37-40-30-33(28-29-44(40)56-48(37)39)34-20-11-22-38-46-43(26-13-27-45(46)57-47(34)38)55-41-24-9-7-18-35(41)36-19-8-10-25-42(36)55/h1-30H. The van der Waals surface area contributed by atoms with E-state index in [0.29, 0.717) is 17.5 Å². The number of hydrogen-bond acceptors (Lipinski definition) is 5. The summed E-state index contributed by atoms with van der Waals surface area (Å²) < 4.78 is 15.8. The van der Waals surface area contributed by atoms with E-state index in [1.165, 1.54) is 10.8 Å². The molecular weight excluding hydrogens is 701 g/mol. The van der Waals surface area contributed by atoms with Gasteiger partial charge in [0.15, 0.2) is 17.5 Å². The molecule has 0 radical (unpaired) electrons. The molecule has 6 heteroatoms. The van der Waals surface area contributed by atoms with Gasteiger partial charge in [-0.2, -0.15) is 0 Å². The van der Waals surface area contributed by atoms with Gasteiger partial charge in [0.1, 0.15) is 22.3 Å². The van der Waals surface area contributed by atoms with E-state index in [-0.39, 0.29) is 0 Å². The van der Waals surface area contributed by atoms with Crippen LogP contribution in [0.25, 0.3) is 117 Å². The third-order valence-corrected chi connectivity index (χ3v) is 11.1. The van der Waals surface area contributed by atoms with Crippen LogP contribution in [-0.4, -0.2) is 19.5 Å². The minimum absolute atomic E-state index is 0.554. The maximum atomic E-state index is 6.79. The van der Waals surface area contributed by atoms with E-state index in [1.807, 2.05) is 72.8 Å². The Morgan fingerprint density at radius 3 is 1.60 bits per heavy atom. The lowest BCUT2D eigenvalue weighted by atomic mass is 9.99. The molecule has 0 unspecified atom stereocenters. The molecule has 4 heterocycles. The molecule has 6 nitrogen and oxygen atoms in total. The second-order valence-electron chi connectivity index (χ2n) is 14.3. The molecule has 12 aromatic rings. The first-order valence-electron chi connectivity index (χ1n) is 19.0. The van der Waals surface area contributed by atoms with Crippen molar-refractivity contribution in [3.63, 3.8) is 0 Å². The monoisotopic (exact) mass is 730 g/mol. The Kier molecular flexibility index (Phi) is 6.83. The van der Waals surface area contributed by atoms with E-state index >= 15 is 0 Å². The molecule has 12 rings (SSSR count). The van der Waals surface area contributed by atoms with Gasteiger partial charge < -0.3 is 13.4 Å².